The first-order chi connectivity index (χ1) is 12.6. The number of nitrogens with one attached hydrogen (secondary N) is 2. The molecule has 1 atom stereocenters. The van der Waals surface area contributed by atoms with Gasteiger partial charge in [0.1, 0.15) is 13.2 Å². The molecule has 2 aliphatic heterocycles. The molecule has 1 aromatic carbocycles. The van der Waals surface area contributed by atoms with Crippen LogP contribution in [0.25, 0.3) is 0 Å². The Kier molecular flexibility index (Phi) is 5.82. The van der Waals surface area contributed by atoms with E-state index in [1.165, 1.54) is 0 Å². The fourth-order valence-corrected chi connectivity index (χ4v) is 3.18. The van der Waals surface area contributed by atoms with Gasteiger partial charge in [0.15, 0.2) is 17.5 Å². The fraction of sp³-hybridized carbons (Fsp3) is 0.556. The van der Waals surface area contributed by atoms with Crippen molar-refractivity contribution in [3.8, 4) is 11.5 Å². The second kappa shape index (κ2) is 8.27. The molecule has 0 saturated carbocycles. The molecule has 1 fully saturated rings. The summed E-state index contributed by atoms with van der Waals surface area (Å²) >= 11 is 0. The van der Waals surface area contributed by atoms with Crippen molar-refractivity contribution in [3.63, 3.8) is 0 Å². The van der Waals surface area contributed by atoms with Crippen LogP contribution in [0.2, 0.25) is 0 Å². The van der Waals surface area contributed by atoms with Gasteiger partial charge in [0.05, 0.1) is 32.8 Å². The lowest BCUT2D eigenvalue weighted by molar-refractivity contribution is -0.917. The first-order valence-corrected chi connectivity index (χ1v) is 9.05. The number of rotatable bonds is 4. The lowest BCUT2D eigenvalue weighted by Gasteiger charge is -2.34. The van der Waals surface area contributed by atoms with E-state index in [1.54, 1.807) is 24.0 Å². The molecule has 8 nitrogen and oxygen atoms in total. The Bertz CT molecular complexity index is 658. The second-order valence-corrected chi connectivity index (χ2v) is 6.41. The molecule has 2 aliphatic rings. The summed E-state index contributed by atoms with van der Waals surface area (Å²) in [5.41, 5.74) is 0.690. The van der Waals surface area contributed by atoms with Crippen LogP contribution in [0.15, 0.2) is 18.2 Å². The van der Waals surface area contributed by atoms with E-state index in [2.05, 4.69) is 5.32 Å². The monoisotopic (exact) mass is 364 g/mol. The van der Waals surface area contributed by atoms with Gasteiger partial charge in [-0.15, -0.1) is 0 Å². The van der Waals surface area contributed by atoms with Crippen molar-refractivity contribution in [1.29, 1.82) is 0 Å². The topological polar surface area (TPSA) is 81.5 Å². The average molecular weight is 364 g/mol. The maximum atomic E-state index is 12.6. The van der Waals surface area contributed by atoms with Gasteiger partial charge in [-0.25, -0.2) is 4.79 Å². The van der Waals surface area contributed by atoms with Crippen molar-refractivity contribution >= 4 is 17.7 Å². The number of hydrogen-bond donors (Lipinski definition) is 2. The van der Waals surface area contributed by atoms with E-state index < -0.39 is 0 Å². The zero-order chi connectivity index (χ0) is 18.5. The lowest BCUT2D eigenvalue weighted by atomic mass is 10.2. The van der Waals surface area contributed by atoms with Crippen molar-refractivity contribution in [2.45, 2.75) is 19.9 Å². The summed E-state index contributed by atoms with van der Waals surface area (Å²) in [5.74, 6) is 1.29. The molecule has 2 N–H and O–H groups in total. The van der Waals surface area contributed by atoms with Crippen LogP contribution in [-0.4, -0.2) is 68.9 Å². The molecule has 26 heavy (non-hydrogen) atoms. The van der Waals surface area contributed by atoms with Gasteiger partial charge in [-0.3, -0.25) is 9.69 Å². The number of piperazine rings is 1. The van der Waals surface area contributed by atoms with E-state index in [0.717, 1.165) is 4.90 Å². The van der Waals surface area contributed by atoms with Crippen LogP contribution in [0, 0.1) is 0 Å². The summed E-state index contributed by atoms with van der Waals surface area (Å²) in [6, 6.07) is 5.19. The molecule has 2 heterocycles. The van der Waals surface area contributed by atoms with Crippen molar-refractivity contribution in [2.24, 2.45) is 0 Å². The molecule has 3 rings (SSSR count). The Morgan fingerprint density at radius 3 is 2.62 bits per heavy atom. The maximum absolute atomic E-state index is 12.6. The quantitative estimate of drug-likeness (QED) is 0.794. The molecule has 8 heteroatoms. The van der Waals surface area contributed by atoms with Gasteiger partial charge >= 0.3 is 6.09 Å². The Labute approximate surface area is 153 Å². The number of carbonyl (C=O) groups is 2. The molecule has 0 unspecified atom stereocenters. The highest BCUT2D eigenvalue weighted by molar-refractivity contribution is 5.94. The number of anilines is 1. The Morgan fingerprint density at radius 2 is 1.92 bits per heavy atom. The molecule has 1 saturated heterocycles. The highest BCUT2D eigenvalue weighted by Gasteiger charge is 2.31. The minimum atomic E-state index is -0.278. The molecule has 0 spiro atoms. The molecule has 2 amide bonds. The third-order valence-corrected chi connectivity index (χ3v) is 4.75. The van der Waals surface area contributed by atoms with Gasteiger partial charge in [0.25, 0.3) is 5.91 Å². The Balaban J connectivity index is 1.53. The highest BCUT2D eigenvalue weighted by Crippen LogP contribution is 2.32. The minimum Gasteiger partial charge on any atom is -0.486 e. The largest absolute Gasteiger partial charge is 0.486 e. The highest BCUT2D eigenvalue weighted by atomic mass is 16.6. The Hall–Kier alpha value is -2.48. The standard InChI is InChI=1S/C18H25N3O5/c1-3-24-18(23)21-8-6-20(7-9-21)13(2)17(22)19-14-4-5-15-16(12-14)26-11-10-25-15/h4-5,12-13H,3,6-11H2,1-2H3,(H,19,22)/p+1/t13-/m1/s1. The zero-order valence-corrected chi connectivity index (χ0v) is 15.2. The molecule has 0 aliphatic carbocycles. The van der Waals surface area contributed by atoms with Crippen molar-refractivity contribution in [3.05, 3.63) is 18.2 Å². The van der Waals surface area contributed by atoms with Gasteiger partial charge < -0.3 is 24.4 Å². The summed E-state index contributed by atoms with van der Waals surface area (Å²) in [7, 11) is 0. The van der Waals surface area contributed by atoms with Crippen molar-refractivity contribution < 1.29 is 28.7 Å². The molecular weight excluding hydrogens is 338 g/mol. The summed E-state index contributed by atoms with van der Waals surface area (Å²) in [6.45, 7) is 7.74. The normalized spacial score (nSPS) is 18.2. The SMILES string of the molecule is CCOC(=O)N1CC[NH+]([C@H](C)C(=O)Nc2ccc3c(c2)OCCO3)CC1. The number of quaternary nitrogens is 1. The van der Waals surface area contributed by atoms with E-state index in [1.807, 2.05) is 13.0 Å². The number of amides is 2. The maximum Gasteiger partial charge on any atom is 0.410 e. The third-order valence-electron chi connectivity index (χ3n) is 4.75. The van der Waals surface area contributed by atoms with Crippen LogP contribution in [0.1, 0.15) is 13.8 Å². The van der Waals surface area contributed by atoms with Crippen LogP contribution < -0.4 is 19.7 Å². The predicted molar refractivity (Wildman–Crippen MR) is 94.8 cm³/mol. The fourth-order valence-electron chi connectivity index (χ4n) is 3.18. The van der Waals surface area contributed by atoms with E-state index in [0.29, 0.717) is 63.2 Å². The van der Waals surface area contributed by atoms with Crippen molar-refractivity contribution in [1.82, 2.24) is 4.90 Å². The molecule has 0 radical (unpaired) electrons. The van der Waals surface area contributed by atoms with Crippen LogP contribution >= 0.6 is 0 Å². The van der Waals surface area contributed by atoms with Crippen LogP contribution in [0.3, 0.4) is 0 Å². The van der Waals surface area contributed by atoms with E-state index in [-0.39, 0.29) is 18.0 Å². The summed E-state index contributed by atoms with van der Waals surface area (Å²) in [4.78, 5) is 27.2. The molecule has 0 bridgehead atoms. The summed E-state index contributed by atoms with van der Waals surface area (Å²) in [6.07, 6.45) is -0.278. The number of hydrogen-bond acceptors (Lipinski definition) is 5. The Morgan fingerprint density at radius 1 is 1.23 bits per heavy atom. The summed E-state index contributed by atoms with van der Waals surface area (Å²) < 4.78 is 16.1. The zero-order valence-electron chi connectivity index (χ0n) is 15.2. The average Bonchev–Trinajstić information content (AvgIpc) is 2.67. The van der Waals surface area contributed by atoms with Crippen LogP contribution in [-0.2, 0) is 9.53 Å². The van der Waals surface area contributed by atoms with Crippen LogP contribution in [0.5, 0.6) is 11.5 Å². The molecule has 1 aromatic rings. The van der Waals surface area contributed by atoms with E-state index >= 15 is 0 Å². The first kappa shape index (κ1) is 18.3. The van der Waals surface area contributed by atoms with Gasteiger partial charge in [0.2, 0.25) is 0 Å². The van der Waals surface area contributed by atoms with Crippen LogP contribution in [0.4, 0.5) is 10.5 Å². The smallest absolute Gasteiger partial charge is 0.410 e. The van der Waals surface area contributed by atoms with Gasteiger partial charge in [-0.2, -0.15) is 0 Å². The first-order valence-electron chi connectivity index (χ1n) is 9.05. The number of carbonyl (C=O) groups excluding carboxylic acids is 2. The van der Waals surface area contributed by atoms with E-state index in [9.17, 15) is 9.59 Å². The third kappa shape index (κ3) is 4.19. The second-order valence-electron chi connectivity index (χ2n) is 6.41. The van der Waals surface area contributed by atoms with Crippen molar-refractivity contribution in [2.75, 3.05) is 51.3 Å². The number of benzene rings is 1. The molecule has 142 valence electrons. The minimum absolute atomic E-state index is 0.0544. The van der Waals surface area contributed by atoms with E-state index in [4.69, 9.17) is 14.2 Å². The molecular formula is C18H26N3O5+. The van der Waals surface area contributed by atoms with Gasteiger partial charge in [-0.05, 0) is 26.0 Å². The predicted octanol–water partition coefficient (Wildman–Crippen LogP) is 0.142. The van der Waals surface area contributed by atoms with Gasteiger partial charge in [0, 0.05) is 11.8 Å². The summed E-state index contributed by atoms with van der Waals surface area (Å²) in [5, 5.41) is 2.94. The number of ether oxygens (including phenoxy) is 3. The number of fused-ring (bicyclic) bond motifs is 1. The van der Waals surface area contributed by atoms with Gasteiger partial charge in [-0.1, -0.05) is 0 Å². The number of nitrogens with zero attached hydrogens (tertiary/aromatic N) is 1. The lowest BCUT2D eigenvalue weighted by Crippen LogP contribution is -3.19. The molecule has 0 aromatic heterocycles.